The largest absolute Gasteiger partial charge is 0.372 e. The average Bonchev–Trinajstić information content (AvgIpc) is 3.94. The lowest BCUT2D eigenvalue weighted by molar-refractivity contribution is 0.607. The summed E-state index contributed by atoms with van der Waals surface area (Å²) in [4.78, 5) is 16.0. The summed E-state index contributed by atoms with van der Waals surface area (Å²) in [6.45, 7) is 13.9. The lowest BCUT2D eigenvalue weighted by atomic mass is 9.94. The zero-order valence-electron chi connectivity index (χ0n) is 30.0. The Labute approximate surface area is 306 Å². The molecule has 0 spiro atoms. The highest BCUT2D eigenvalue weighted by Crippen LogP contribution is 2.27. The third-order valence-electron chi connectivity index (χ3n) is 9.16. The van der Waals surface area contributed by atoms with Crippen LogP contribution in [0.4, 0.5) is 8.78 Å². The Morgan fingerprint density at radius 1 is 0.580 bits per heavy atom. The van der Waals surface area contributed by atoms with Gasteiger partial charge in [-0.1, -0.05) is 70.0 Å². The van der Waals surface area contributed by atoms with E-state index in [2.05, 4.69) is 57.4 Å². The standard InChI is InChI=1S/C14H19ClN2.C14H17FN2.C12H14ClFN2/c2*1-3-10-5-6-13(15)11(4-2)12(10)9-14-16-7-8-17-14;1-2-8-9(7-12-15-5-6-16-12)11(14)4-3-10(8)13/h5-6H,3-4,7-9H2,1-2H3,(H,16,17);5-8H,3-4,9H2,1-2H3,(H,16,17);3-4H,2,5-7H2,1H3,(H,15,16). The number of hydrogen-bond acceptors (Lipinski definition) is 5. The number of aromatic amines is 1. The van der Waals surface area contributed by atoms with E-state index in [1.807, 2.05) is 26.0 Å². The summed E-state index contributed by atoms with van der Waals surface area (Å²) in [7, 11) is 0. The molecule has 2 aliphatic rings. The van der Waals surface area contributed by atoms with E-state index >= 15 is 0 Å². The van der Waals surface area contributed by atoms with Gasteiger partial charge in [0.2, 0.25) is 0 Å². The predicted molar refractivity (Wildman–Crippen MR) is 206 cm³/mol. The van der Waals surface area contributed by atoms with Crippen LogP contribution in [-0.4, -0.2) is 47.8 Å². The molecule has 0 aliphatic carbocycles. The van der Waals surface area contributed by atoms with E-state index in [0.29, 0.717) is 23.4 Å². The van der Waals surface area contributed by atoms with Gasteiger partial charge in [0.05, 0.1) is 13.1 Å². The lowest BCUT2D eigenvalue weighted by Crippen LogP contribution is -2.22. The summed E-state index contributed by atoms with van der Waals surface area (Å²) < 4.78 is 27.5. The molecule has 3 N–H and O–H groups in total. The average molecular weight is 724 g/mol. The number of halogens is 4. The van der Waals surface area contributed by atoms with Crippen molar-refractivity contribution >= 4 is 34.9 Å². The molecule has 0 unspecified atom stereocenters. The maximum Gasteiger partial charge on any atom is 0.127 e. The van der Waals surface area contributed by atoms with Crippen LogP contribution in [0, 0.1) is 11.6 Å². The Hall–Kier alpha value is -3.75. The summed E-state index contributed by atoms with van der Waals surface area (Å²) in [5, 5.41) is 8.00. The monoisotopic (exact) mass is 722 g/mol. The maximum atomic E-state index is 13.8. The van der Waals surface area contributed by atoms with E-state index in [1.165, 1.54) is 28.3 Å². The summed E-state index contributed by atoms with van der Waals surface area (Å²) in [6, 6.07) is 10.7. The van der Waals surface area contributed by atoms with Gasteiger partial charge in [-0.15, -0.1) is 0 Å². The Bertz CT molecular complexity index is 1770. The van der Waals surface area contributed by atoms with Crippen LogP contribution < -0.4 is 10.6 Å². The van der Waals surface area contributed by atoms with Crippen LogP contribution >= 0.6 is 23.2 Å². The van der Waals surface area contributed by atoms with Gasteiger partial charge in [0.15, 0.2) is 0 Å². The minimum atomic E-state index is -0.197. The fourth-order valence-corrected chi connectivity index (χ4v) is 7.15. The van der Waals surface area contributed by atoms with E-state index in [4.69, 9.17) is 23.2 Å². The van der Waals surface area contributed by atoms with E-state index in [9.17, 15) is 8.78 Å². The summed E-state index contributed by atoms with van der Waals surface area (Å²) >= 11 is 12.3. The fourth-order valence-electron chi connectivity index (χ4n) is 6.53. The van der Waals surface area contributed by atoms with Gasteiger partial charge in [0, 0.05) is 54.8 Å². The highest BCUT2D eigenvalue weighted by Gasteiger charge is 2.16. The van der Waals surface area contributed by atoms with Crippen molar-refractivity contribution < 1.29 is 8.78 Å². The minimum Gasteiger partial charge on any atom is -0.372 e. The van der Waals surface area contributed by atoms with Gasteiger partial charge in [-0.3, -0.25) is 9.98 Å². The zero-order chi connectivity index (χ0) is 36.0. The van der Waals surface area contributed by atoms with Crippen molar-refractivity contribution in [1.29, 1.82) is 0 Å². The van der Waals surface area contributed by atoms with Gasteiger partial charge in [-0.25, -0.2) is 13.8 Å². The molecule has 50 heavy (non-hydrogen) atoms. The quantitative estimate of drug-likeness (QED) is 0.145. The summed E-state index contributed by atoms with van der Waals surface area (Å²) in [5.41, 5.74) is 8.72. The van der Waals surface area contributed by atoms with E-state index in [-0.39, 0.29) is 11.6 Å². The number of nitrogens with one attached hydrogen (secondary N) is 3. The van der Waals surface area contributed by atoms with Crippen LogP contribution in [0.15, 0.2) is 58.8 Å². The number of rotatable bonds is 11. The Balaban J connectivity index is 0.000000169. The number of benzene rings is 3. The molecule has 268 valence electrons. The van der Waals surface area contributed by atoms with Crippen molar-refractivity contribution in [2.75, 3.05) is 26.2 Å². The third-order valence-corrected chi connectivity index (χ3v) is 9.86. The van der Waals surface area contributed by atoms with Gasteiger partial charge in [-0.2, -0.15) is 0 Å². The van der Waals surface area contributed by atoms with Crippen molar-refractivity contribution in [3.8, 4) is 0 Å². The molecule has 6 nitrogen and oxygen atoms in total. The fraction of sp³-hybridized carbons (Fsp3) is 0.425. The van der Waals surface area contributed by atoms with Crippen LogP contribution in [-0.2, 0) is 51.4 Å². The van der Waals surface area contributed by atoms with Gasteiger partial charge in [-0.05, 0) is 101 Å². The number of H-pyrrole nitrogens is 1. The zero-order valence-corrected chi connectivity index (χ0v) is 31.5. The SMILES string of the molecule is CCc1c(Cl)ccc(F)c1CC1=NCCN1.CCc1ccc(Cl)c(CC)c1CC1=NCCN1.CCc1ccc(F)c(CC)c1Cc1ncc[nH]1. The molecule has 3 aromatic carbocycles. The number of imidazole rings is 1. The first-order valence-corrected chi connectivity index (χ1v) is 18.6. The summed E-state index contributed by atoms with van der Waals surface area (Å²) in [6.07, 6.45) is 10.0. The highest BCUT2D eigenvalue weighted by atomic mass is 35.5. The second-order valence-electron chi connectivity index (χ2n) is 12.2. The molecule has 0 radical (unpaired) electrons. The normalized spacial score (nSPS) is 13.4. The van der Waals surface area contributed by atoms with E-state index < -0.39 is 0 Å². The Kier molecular flexibility index (Phi) is 15.3. The molecule has 0 atom stereocenters. The molecule has 2 aliphatic heterocycles. The molecule has 1 aromatic heterocycles. The van der Waals surface area contributed by atoms with Gasteiger partial charge in [0.1, 0.15) is 29.1 Å². The number of aromatic nitrogens is 2. The first-order valence-electron chi connectivity index (χ1n) is 17.8. The molecule has 0 amide bonds. The molecule has 0 saturated carbocycles. The second-order valence-corrected chi connectivity index (χ2v) is 13.0. The molecule has 10 heteroatoms. The molecule has 0 saturated heterocycles. The molecular weight excluding hydrogens is 673 g/mol. The third kappa shape index (κ3) is 10.2. The first-order chi connectivity index (χ1) is 24.2. The first kappa shape index (κ1) is 39.0. The lowest BCUT2D eigenvalue weighted by Gasteiger charge is -2.15. The number of aliphatic imine (C=N–C) groups is 2. The van der Waals surface area contributed by atoms with Crippen LogP contribution in [0.3, 0.4) is 0 Å². The smallest absolute Gasteiger partial charge is 0.127 e. The van der Waals surface area contributed by atoms with Gasteiger partial charge >= 0.3 is 0 Å². The molecule has 3 heterocycles. The number of amidine groups is 2. The van der Waals surface area contributed by atoms with Crippen molar-refractivity contribution in [3.63, 3.8) is 0 Å². The van der Waals surface area contributed by atoms with Crippen LogP contribution in [0.5, 0.6) is 0 Å². The second kappa shape index (κ2) is 19.6. The molecular formula is C40H50Cl2F2N6. The van der Waals surface area contributed by atoms with Crippen LogP contribution in [0.25, 0.3) is 0 Å². The van der Waals surface area contributed by atoms with Crippen LogP contribution in [0.1, 0.15) is 85.0 Å². The van der Waals surface area contributed by atoms with E-state index in [0.717, 1.165) is 104 Å². The highest BCUT2D eigenvalue weighted by molar-refractivity contribution is 6.31. The van der Waals surface area contributed by atoms with Gasteiger partial charge in [0.25, 0.3) is 0 Å². The number of hydrogen-bond donors (Lipinski definition) is 3. The predicted octanol–water partition coefficient (Wildman–Crippen LogP) is 8.86. The topological polar surface area (TPSA) is 77.5 Å². The molecule has 0 fully saturated rings. The minimum absolute atomic E-state index is 0.105. The molecule has 6 rings (SSSR count). The maximum absolute atomic E-state index is 13.8. The van der Waals surface area contributed by atoms with E-state index in [1.54, 1.807) is 24.5 Å². The van der Waals surface area contributed by atoms with Crippen molar-refractivity contribution in [3.05, 3.63) is 121 Å². The Morgan fingerprint density at radius 3 is 1.56 bits per heavy atom. The van der Waals surface area contributed by atoms with Crippen molar-refractivity contribution in [2.24, 2.45) is 9.98 Å². The molecule has 0 bridgehead atoms. The van der Waals surface area contributed by atoms with Crippen molar-refractivity contribution in [2.45, 2.75) is 86.0 Å². The Morgan fingerprint density at radius 2 is 1.06 bits per heavy atom. The molecule has 4 aromatic rings. The van der Waals surface area contributed by atoms with Crippen LogP contribution in [0.2, 0.25) is 10.0 Å². The summed E-state index contributed by atoms with van der Waals surface area (Å²) in [5.74, 6) is 2.55. The number of nitrogens with zero attached hydrogens (tertiary/aromatic N) is 3. The number of aryl methyl sites for hydroxylation is 2. The van der Waals surface area contributed by atoms with Gasteiger partial charge < -0.3 is 15.6 Å². The van der Waals surface area contributed by atoms with Crippen molar-refractivity contribution in [1.82, 2.24) is 20.6 Å².